The Kier molecular flexibility index (Phi) is 4.81. The number of hydrogen-bond donors (Lipinski definition) is 1. The number of hydrogen-bond acceptors (Lipinski definition) is 5. The van der Waals surface area contributed by atoms with E-state index in [0.717, 1.165) is 5.69 Å². The van der Waals surface area contributed by atoms with E-state index in [2.05, 4.69) is 0 Å². The standard InChI is InChI=1S/C21H23FN2O4/c1-3-23-18-15(16(11-25)19(23)21(27)28-2)10-24-17(18)9-8-14(20(24)26)12-4-6-13(22)7-5-12/h4-9,15-16,18-19,25H,3,10-11H2,1-2H3/t15-,16-,18+,19-/m0/s1. The van der Waals surface area contributed by atoms with Crippen molar-refractivity contribution in [2.45, 2.75) is 25.6 Å². The van der Waals surface area contributed by atoms with Crippen LogP contribution in [0.4, 0.5) is 4.39 Å². The van der Waals surface area contributed by atoms with Crippen LogP contribution in [0.3, 0.4) is 0 Å². The largest absolute Gasteiger partial charge is 0.468 e. The van der Waals surface area contributed by atoms with Gasteiger partial charge in [-0.2, -0.15) is 0 Å². The second-order valence-electron chi connectivity index (χ2n) is 7.35. The third-order valence-electron chi connectivity index (χ3n) is 6.15. The lowest BCUT2D eigenvalue weighted by Crippen LogP contribution is -2.43. The van der Waals surface area contributed by atoms with Crippen LogP contribution in [0.15, 0.2) is 41.2 Å². The first-order chi connectivity index (χ1) is 13.5. The summed E-state index contributed by atoms with van der Waals surface area (Å²) in [6, 6.07) is 8.88. The van der Waals surface area contributed by atoms with Gasteiger partial charge in [-0.3, -0.25) is 14.5 Å². The zero-order valence-corrected chi connectivity index (χ0v) is 15.8. The first-order valence-corrected chi connectivity index (χ1v) is 9.45. The van der Waals surface area contributed by atoms with E-state index in [1.165, 1.54) is 19.2 Å². The van der Waals surface area contributed by atoms with Gasteiger partial charge in [0.25, 0.3) is 5.56 Å². The maximum atomic E-state index is 13.2. The third kappa shape index (κ3) is 2.69. The molecule has 1 aromatic heterocycles. The number of ether oxygens (including phenoxy) is 1. The minimum absolute atomic E-state index is 0.0507. The fraction of sp³-hybridized carbons (Fsp3) is 0.429. The van der Waals surface area contributed by atoms with Crippen molar-refractivity contribution in [2.24, 2.45) is 11.8 Å². The highest BCUT2D eigenvalue weighted by molar-refractivity contribution is 5.77. The van der Waals surface area contributed by atoms with Gasteiger partial charge in [-0.05, 0) is 36.4 Å². The molecular weight excluding hydrogens is 363 g/mol. The fourth-order valence-corrected chi connectivity index (χ4v) is 4.92. The average molecular weight is 386 g/mol. The molecule has 2 aliphatic heterocycles. The van der Waals surface area contributed by atoms with Gasteiger partial charge in [0.1, 0.15) is 11.9 Å². The Labute approximate surface area is 162 Å². The molecule has 0 saturated carbocycles. The number of aromatic nitrogens is 1. The molecule has 2 aliphatic rings. The molecule has 4 rings (SSSR count). The van der Waals surface area contributed by atoms with Crippen molar-refractivity contribution in [3.63, 3.8) is 0 Å². The molecule has 1 aromatic carbocycles. The quantitative estimate of drug-likeness (QED) is 0.812. The van der Waals surface area contributed by atoms with E-state index in [1.54, 1.807) is 22.8 Å². The first-order valence-electron chi connectivity index (χ1n) is 9.45. The zero-order chi connectivity index (χ0) is 20.0. The lowest BCUT2D eigenvalue weighted by atomic mass is 9.88. The number of esters is 1. The Bertz CT molecular complexity index is 956. The van der Waals surface area contributed by atoms with Crippen LogP contribution in [-0.2, 0) is 16.1 Å². The van der Waals surface area contributed by atoms with Crippen molar-refractivity contribution in [3.8, 4) is 11.1 Å². The molecule has 6 nitrogen and oxygen atoms in total. The van der Waals surface area contributed by atoms with Gasteiger partial charge in [0, 0.05) is 36.2 Å². The molecule has 0 unspecified atom stereocenters. The molecule has 0 spiro atoms. The van der Waals surface area contributed by atoms with E-state index in [1.807, 2.05) is 17.9 Å². The highest BCUT2D eigenvalue weighted by Gasteiger charge is 2.55. The summed E-state index contributed by atoms with van der Waals surface area (Å²) >= 11 is 0. The van der Waals surface area contributed by atoms with Crippen molar-refractivity contribution in [1.29, 1.82) is 0 Å². The molecule has 0 radical (unpaired) electrons. The van der Waals surface area contributed by atoms with Crippen LogP contribution < -0.4 is 5.56 Å². The molecule has 1 fully saturated rings. The monoisotopic (exact) mass is 386 g/mol. The summed E-state index contributed by atoms with van der Waals surface area (Å²) in [7, 11) is 1.35. The number of carbonyl (C=O) groups excluding carboxylic acids is 1. The van der Waals surface area contributed by atoms with Crippen LogP contribution in [0, 0.1) is 17.7 Å². The summed E-state index contributed by atoms with van der Waals surface area (Å²) in [5.74, 6) is -1.05. The lowest BCUT2D eigenvalue weighted by Gasteiger charge is -2.28. The molecule has 4 atom stereocenters. The van der Waals surface area contributed by atoms with Crippen LogP contribution in [0.25, 0.3) is 11.1 Å². The highest BCUT2D eigenvalue weighted by atomic mass is 19.1. The molecule has 3 heterocycles. The minimum atomic E-state index is -0.518. The number of aliphatic hydroxyl groups excluding tert-OH is 1. The van der Waals surface area contributed by atoms with E-state index in [9.17, 15) is 19.1 Å². The Morgan fingerprint density at radius 1 is 1.25 bits per heavy atom. The van der Waals surface area contributed by atoms with E-state index in [0.29, 0.717) is 24.2 Å². The predicted octanol–water partition coefficient (Wildman–Crippen LogP) is 1.81. The number of nitrogens with zero attached hydrogens (tertiary/aromatic N) is 2. The maximum Gasteiger partial charge on any atom is 0.323 e. The van der Waals surface area contributed by atoms with Gasteiger partial charge in [0.15, 0.2) is 0 Å². The molecular formula is C21H23FN2O4. The Morgan fingerprint density at radius 2 is 1.96 bits per heavy atom. The molecule has 148 valence electrons. The number of aliphatic hydroxyl groups is 1. The Balaban J connectivity index is 1.78. The SMILES string of the molecule is CCN1[C@H](C(=O)OC)[C@@H](CO)[C@@H]2Cn3c(ccc(-c4ccc(F)cc4)c3=O)[C@@H]21. The van der Waals surface area contributed by atoms with Crippen molar-refractivity contribution in [3.05, 3.63) is 58.3 Å². The van der Waals surface area contributed by atoms with Crippen molar-refractivity contribution >= 4 is 5.97 Å². The zero-order valence-electron chi connectivity index (χ0n) is 15.8. The molecule has 0 aliphatic carbocycles. The van der Waals surface area contributed by atoms with E-state index in [4.69, 9.17) is 4.74 Å². The summed E-state index contributed by atoms with van der Waals surface area (Å²) in [5.41, 5.74) is 1.88. The third-order valence-corrected chi connectivity index (χ3v) is 6.15. The van der Waals surface area contributed by atoms with Crippen LogP contribution >= 0.6 is 0 Å². The normalized spacial score (nSPS) is 26.1. The summed E-state index contributed by atoms with van der Waals surface area (Å²) in [4.78, 5) is 27.5. The van der Waals surface area contributed by atoms with Gasteiger partial charge in [-0.15, -0.1) is 0 Å². The number of halogens is 1. The number of benzene rings is 1. The molecule has 1 saturated heterocycles. The second-order valence-corrected chi connectivity index (χ2v) is 7.35. The number of likely N-dealkylation sites (tertiary alicyclic amines) is 1. The fourth-order valence-electron chi connectivity index (χ4n) is 4.92. The molecule has 1 N–H and O–H groups in total. The lowest BCUT2D eigenvalue weighted by molar-refractivity contribution is -0.148. The number of methoxy groups -OCH3 is 1. The van der Waals surface area contributed by atoms with E-state index in [-0.39, 0.29) is 41.8 Å². The topological polar surface area (TPSA) is 71.8 Å². The predicted molar refractivity (Wildman–Crippen MR) is 101 cm³/mol. The molecule has 0 bridgehead atoms. The van der Waals surface area contributed by atoms with E-state index < -0.39 is 6.04 Å². The summed E-state index contributed by atoms with van der Waals surface area (Å²) in [5, 5.41) is 9.99. The van der Waals surface area contributed by atoms with Gasteiger partial charge in [0.2, 0.25) is 0 Å². The summed E-state index contributed by atoms with van der Waals surface area (Å²) < 4.78 is 19.9. The van der Waals surface area contributed by atoms with Gasteiger partial charge >= 0.3 is 5.97 Å². The van der Waals surface area contributed by atoms with Gasteiger partial charge in [-0.1, -0.05) is 19.1 Å². The van der Waals surface area contributed by atoms with E-state index >= 15 is 0 Å². The molecule has 0 amide bonds. The van der Waals surface area contributed by atoms with Crippen LogP contribution in [0.1, 0.15) is 18.7 Å². The first kappa shape index (κ1) is 18.8. The molecule has 28 heavy (non-hydrogen) atoms. The number of likely N-dealkylation sites (N-methyl/N-ethyl adjacent to an activating group) is 1. The number of rotatable bonds is 4. The van der Waals surface area contributed by atoms with Crippen molar-refractivity contribution in [1.82, 2.24) is 9.47 Å². The van der Waals surface area contributed by atoms with Crippen LogP contribution in [0.2, 0.25) is 0 Å². The minimum Gasteiger partial charge on any atom is -0.468 e. The second kappa shape index (κ2) is 7.14. The van der Waals surface area contributed by atoms with Gasteiger partial charge in [0.05, 0.1) is 13.2 Å². The number of pyridine rings is 1. The molecule has 2 aromatic rings. The number of carbonyl (C=O) groups is 1. The molecule has 7 heteroatoms. The Morgan fingerprint density at radius 3 is 2.57 bits per heavy atom. The summed E-state index contributed by atoms with van der Waals surface area (Å²) in [6.07, 6.45) is 0. The van der Waals surface area contributed by atoms with Crippen LogP contribution in [-0.4, -0.2) is 46.8 Å². The van der Waals surface area contributed by atoms with Crippen molar-refractivity contribution < 1.29 is 19.0 Å². The smallest absolute Gasteiger partial charge is 0.323 e. The number of fused-ring (bicyclic) bond motifs is 3. The average Bonchev–Trinajstić information content (AvgIpc) is 3.23. The van der Waals surface area contributed by atoms with Gasteiger partial charge in [-0.25, -0.2) is 4.39 Å². The van der Waals surface area contributed by atoms with Crippen LogP contribution in [0.5, 0.6) is 0 Å². The maximum absolute atomic E-state index is 13.2. The Hall–Kier alpha value is -2.51. The van der Waals surface area contributed by atoms with Gasteiger partial charge < -0.3 is 14.4 Å². The highest BCUT2D eigenvalue weighted by Crippen LogP contribution is 2.49. The summed E-state index contributed by atoms with van der Waals surface area (Å²) in [6.45, 7) is 2.85. The van der Waals surface area contributed by atoms with Crippen molar-refractivity contribution in [2.75, 3.05) is 20.3 Å².